The third-order valence-electron chi connectivity index (χ3n) is 3.27. The maximum Gasteiger partial charge on any atom is 0.252 e. The number of aryl methyl sites for hydroxylation is 2. The van der Waals surface area contributed by atoms with Crippen LogP contribution in [0.5, 0.6) is 0 Å². The van der Waals surface area contributed by atoms with Gasteiger partial charge in [0.05, 0.1) is 0 Å². The fraction of sp³-hybridized carbons (Fsp3) is 0.438. The molecule has 0 N–H and O–H groups in total. The monoisotopic (exact) mass is 327 g/mol. The van der Waals surface area contributed by atoms with Crippen LogP contribution >= 0.6 is 11.6 Å². The van der Waals surface area contributed by atoms with Crippen LogP contribution in [0.3, 0.4) is 0 Å². The molecular weight excluding hydrogens is 308 g/mol. The predicted octanol–water partition coefficient (Wildman–Crippen LogP) is 3.91. The number of allylic oxidation sites excluding steroid dienone is 2. The highest BCUT2D eigenvalue weighted by Crippen LogP contribution is 2.22. The normalized spacial score (nSPS) is 12.8. The molecule has 5 heteroatoms. The minimum atomic E-state index is -2.19. The number of benzene rings is 1. The molecule has 1 unspecified atom stereocenters. The van der Waals surface area contributed by atoms with Crippen molar-refractivity contribution in [3.05, 3.63) is 46.5 Å². The van der Waals surface area contributed by atoms with Crippen LogP contribution in [0.15, 0.2) is 24.3 Å². The lowest BCUT2D eigenvalue weighted by Gasteiger charge is -2.15. The summed E-state index contributed by atoms with van der Waals surface area (Å²) < 4.78 is 22.0. The molecule has 0 bridgehead atoms. The SMILES string of the molecule is CCC=CCCc1cc(CC)c(C(=O)Cl)cc1CS(=O)[O-]. The number of rotatable bonds is 8. The quantitative estimate of drug-likeness (QED) is 0.413. The number of hydrogen-bond acceptors (Lipinski definition) is 3. The standard InChI is InChI=1S/C16H21ClO3S/c1-3-5-6-7-8-13-9-12(4-2)15(16(17)18)10-14(13)11-21(19)20/h5-6,9-10H,3-4,7-8,11H2,1-2H3,(H,19,20)/p-1. The number of hydrogen-bond donors (Lipinski definition) is 0. The number of halogens is 1. The van der Waals surface area contributed by atoms with Crippen LogP contribution < -0.4 is 0 Å². The van der Waals surface area contributed by atoms with Crippen molar-refractivity contribution in [2.75, 3.05) is 0 Å². The summed E-state index contributed by atoms with van der Waals surface area (Å²) in [5.74, 6) is -0.0893. The van der Waals surface area contributed by atoms with Crippen molar-refractivity contribution in [3.8, 4) is 0 Å². The van der Waals surface area contributed by atoms with E-state index in [0.717, 1.165) is 30.4 Å². The van der Waals surface area contributed by atoms with Gasteiger partial charge in [-0.2, -0.15) is 0 Å². The highest BCUT2D eigenvalue weighted by molar-refractivity contribution is 7.78. The van der Waals surface area contributed by atoms with Gasteiger partial charge in [0.25, 0.3) is 5.24 Å². The van der Waals surface area contributed by atoms with Gasteiger partial charge in [-0.15, -0.1) is 0 Å². The van der Waals surface area contributed by atoms with Crippen LogP contribution in [-0.2, 0) is 29.7 Å². The van der Waals surface area contributed by atoms with E-state index in [9.17, 15) is 13.6 Å². The maximum absolute atomic E-state index is 11.5. The highest BCUT2D eigenvalue weighted by Gasteiger charge is 2.13. The molecule has 116 valence electrons. The second-order valence-corrected chi connectivity index (χ2v) is 6.01. The molecule has 0 heterocycles. The Bertz CT molecular complexity index is 553. The molecule has 1 aromatic rings. The largest absolute Gasteiger partial charge is 0.772 e. The summed E-state index contributed by atoms with van der Waals surface area (Å²) in [6.45, 7) is 4.02. The Morgan fingerprint density at radius 3 is 2.48 bits per heavy atom. The van der Waals surface area contributed by atoms with E-state index < -0.39 is 16.3 Å². The molecule has 0 aliphatic rings. The van der Waals surface area contributed by atoms with Crippen molar-refractivity contribution < 1.29 is 13.6 Å². The van der Waals surface area contributed by atoms with Gasteiger partial charge in [-0.1, -0.05) is 43.1 Å². The summed E-state index contributed by atoms with van der Waals surface area (Å²) in [7, 11) is 0. The number of carbonyl (C=O) groups is 1. The van der Waals surface area contributed by atoms with Crippen molar-refractivity contribution in [1.29, 1.82) is 0 Å². The zero-order valence-electron chi connectivity index (χ0n) is 12.4. The Labute approximate surface area is 133 Å². The summed E-state index contributed by atoms with van der Waals surface area (Å²) >= 11 is 3.40. The van der Waals surface area contributed by atoms with Crippen LogP contribution in [0.25, 0.3) is 0 Å². The molecule has 0 radical (unpaired) electrons. The molecule has 0 aliphatic carbocycles. The maximum atomic E-state index is 11.5. The molecule has 3 nitrogen and oxygen atoms in total. The zero-order valence-corrected chi connectivity index (χ0v) is 13.9. The van der Waals surface area contributed by atoms with Gasteiger partial charge in [-0.3, -0.25) is 9.00 Å². The third-order valence-corrected chi connectivity index (χ3v) is 4.02. The third kappa shape index (κ3) is 5.73. The highest BCUT2D eigenvalue weighted by atomic mass is 35.5. The van der Waals surface area contributed by atoms with E-state index >= 15 is 0 Å². The second-order valence-electron chi connectivity index (χ2n) is 4.77. The van der Waals surface area contributed by atoms with Crippen molar-refractivity contribution in [2.45, 2.75) is 45.3 Å². The van der Waals surface area contributed by atoms with E-state index in [1.54, 1.807) is 6.07 Å². The molecule has 0 saturated heterocycles. The minimum Gasteiger partial charge on any atom is -0.772 e. The second kappa shape index (κ2) is 9.13. The van der Waals surface area contributed by atoms with Crippen molar-refractivity contribution >= 4 is 27.9 Å². The Kier molecular flexibility index (Phi) is 7.86. The Morgan fingerprint density at radius 1 is 1.24 bits per heavy atom. The smallest absolute Gasteiger partial charge is 0.252 e. The average Bonchev–Trinajstić information content (AvgIpc) is 2.43. The Balaban J connectivity index is 3.15. The van der Waals surface area contributed by atoms with Gasteiger partial charge < -0.3 is 4.55 Å². The fourth-order valence-corrected chi connectivity index (χ4v) is 2.93. The first kappa shape index (κ1) is 18.1. The van der Waals surface area contributed by atoms with E-state index in [1.807, 2.05) is 13.0 Å². The lowest BCUT2D eigenvalue weighted by Crippen LogP contribution is -2.05. The van der Waals surface area contributed by atoms with Gasteiger partial charge in [0, 0.05) is 11.3 Å². The summed E-state index contributed by atoms with van der Waals surface area (Å²) in [5.41, 5.74) is 2.91. The molecule has 21 heavy (non-hydrogen) atoms. The molecule has 0 aromatic heterocycles. The van der Waals surface area contributed by atoms with Gasteiger partial charge in [0.15, 0.2) is 0 Å². The zero-order chi connectivity index (χ0) is 15.8. The van der Waals surface area contributed by atoms with Crippen molar-refractivity contribution in [3.63, 3.8) is 0 Å². The Hall–Kier alpha value is -0.970. The fourth-order valence-electron chi connectivity index (χ4n) is 2.23. The molecule has 0 aliphatic heterocycles. The molecule has 1 rings (SSSR count). The average molecular weight is 328 g/mol. The van der Waals surface area contributed by atoms with Crippen LogP contribution in [0.4, 0.5) is 0 Å². The van der Waals surface area contributed by atoms with Crippen LogP contribution in [0.1, 0.15) is 53.7 Å². The van der Waals surface area contributed by atoms with E-state index in [2.05, 4.69) is 19.1 Å². The lowest BCUT2D eigenvalue weighted by atomic mass is 9.95. The van der Waals surface area contributed by atoms with Crippen molar-refractivity contribution in [1.82, 2.24) is 0 Å². The van der Waals surface area contributed by atoms with Gasteiger partial charge in [-0.25, -0.2) is 0 Å². The first-order valence-corrected chi connectivity index (χ1v) is 8.67. The van der Waals surface area contributed by atoms with E-state index in [0.29, 0.717) is 17.5 Å². The molecule has 1 aromatic carbocycles. The van der Waals surface area contributed by atoms with E-state index in [1.165, 1.54) is 0 Å². The molecule has 0 saturated carbocycles. The molecule has 0 fully saturated rings. The number of carbonyl (C=O) groups excluding carboxylic acids is 1. The molecule has 0 amide bonds. The van der Waals surface area contributed by atoms with Gasteiger partial charge in [-0.05, 0) is 60.0 Å². The minimum absolute atomic E-state index is 0.0893. The first-order valence-electron chi connectivity index (χ1n) is 7.04. The summed E-state index contributed by atoms with van der Waals surface area (Å²) in [4.78, 5) is 11.5. The molecular formula is C16H20ClO3S-. The summed E-state index contributed by atoms with van der Waals surface area (Å²) in [5, 5.41) is -0.540. The topological polar surface area (TPSA) is 57.2 Å². The Morgan fingerprint density at radius 2 is 1.95 bits per heavy atom. The van der Waals surface area contributed by atoms with E-state index in [-0.39, 0.29) is 5.75 Å². The summed E-state index contributed by atoms with van der Waals surface area (Å²) in [6, 6.07) is 3.54. The first-order chi connectivity index (χ1) is 9.99. The lowest BCUT2D eigenvalue weighted by molar-refractivity contribution is 0.108. The van der Waals surface area contributed by atoms with Gasteiger partial charge in [0.1, 0.15) is 0 Å². The molecule has 0 spiro atoms. The molecule has 1 atom stereocenters. The van der Waals surface area contributed by atoms with E-state index in [4.69, 9.17) is 11.6 Å². The van der Waals surface area contributed by atoms with Crippen LogP contribution in [0.2, 0.25) is 0 Å². The van der Waals surface area contributed by atoms with Crippen molar-refractivity contribution in [2.24, 2.45) is 0 Å². The summed E-state index contributed by atoms with van der Waals surface area (Å²) in [6.07, 6.45) is 7.45. The predicted molar refractivity (Wildman–Crippen MR) is 86.4 cm³/mol. The van der Waals surface area contributed by atoms with Gasteiger partial charge >= 0.3 is 0 Å². The van der Waals surface area contributed by atoms with Crippen LogP contribution in [0, 0.1) is 0 Å². The van der Waals surface area contributed by atoms with Gasteiger partial charge in [0.2, 0.25) is 0 Å². The van der Waals surface area contributed by atoms with Crippen LogP contribution in [-0.4, -0.2) is 14.0 Å².